The average molecular weight is 507 g/mol. The number of amides is 2. The van der Waals surface area contributed by atoms with E-state index in [4.69, 9.17) is 21.1 Å². The molecule has 0 saturated carbocycles. The van der Waals surface area contributed by atoms with Crippen molar-refractivity contribution in [1.82, 2.24) is 0 Å². The van der Waals surface area contributed by atoms with Gasteiger partial charge in [-0.2, -0.15) is 0 Å². The van der Waals surface area contributed by atoms with Gasteiger partial charge in [0, 0.05) is 22.8 Å². The highest BCUT2D eigenvalue weighted by atomic mass is 35.5. The molecule has 188 valence electrons. The third-order valence-corrected chi connectivity index (χ3v) is 6.28. The lowest BCUT2D eigenvalue weighted by Crippen LogP contribution is -2.39. The number of unbranched alkanes of at least 4 members (excludes halogenated alkanes) is 1. The SMILES string of the molecule is CC(C)(C)c1ccc(C(=O)Nc2ccc3c(c2)N(CCCCOc2ccc(Cl)cc2)C(=O)CO3)cc1. The number of carbonyl (C=O) groups excluding carboxylic acids is 2. The van der Waals surface area contributed by atoms with Gasteiger partial charge in [0.2, 0.25) is 0 Å². The fraction of sp³-hybridized carbons (Fsp3) is 0.310. The molecule has 1 N–H and O–H groups in total. The maximum atomic E-state index is 12.8. The van der Waals surface area contributed by atoms with Crippen LogP contribution >= 0.6 is 11.6 Å². The summed E-state index contributed by atoms with van der Waals surface area (Å²) in [7, 11) is 0. The molecule has 7 heteroatoms. The zero-order valence-electron chi connectivity index (χ0n) is 20.8. The van der Waals surface area contributed by atoms with Crippen molar-refractivity contribution < 1.29 is 19.1 Å². The lowest BCUT2D eigenvalue weighted by Gasteiger charge is -2.30. The summed E-state index contributed by atoms with van der Waals surface area (Å²) >= 11 is 5.90. The second-order valence-electron chi connectivity index (χ2n) is 9.81. The van der Waals surface area contributed by atoms with E-state index in [2.05, 4.69) is 26.1 Å². The van der Waals surface area contributed by atoms with E-state index in [0.717, 1.165) is 24.2 Å². The molecule has 1 aliphatic rings. The Morgan fingerprint density at radius 2 is 1.75 bits per heavy atom. The van der Waals surface area contributed by atoms with Crippen LogP contribution in [0.15, 0.2) is 66.7 Å². The minimum atomic E-state index is -0.204. The monoisotopic (exact) mass is 506 g/mol. The Bertz CT molecular complexity index is 1220. The molecule has 0 fully saturated rings. The van der Waals surface area contributed by atoms with Gasteiger partial charge < -0.3 is 19.7 Å². The normalized spacial score (nSPS) is 13.1. The molecule has 0 radical (unpaired) electrons. The molecular formula is C29H31ClN2O4. The van der Waals surface area contributed by atoms with Crippen LogP contribution in [0.3, 0.4) is 0 Å². The molecule has 3 aromatic carbocycles. The summed E-state index contributed by atoms with van der Waals surface area (Å²) in [6.07, 6.45) is 1.54. The topological polar surface area (TPSA) is 67.9 Å². The smallest absolute Gasteiger partial charge is 0.265 e. The van der Waals surface area contributed by atoms with Crippen molar-refractivity contribution in [2.75, 3.05) is 30.0 Å². The Kier molecular flexibility index (Phi) is 7.85. The van der Waals surface area contributed by atoms with Gasteiger partial charge in [0.05, 0.1) is 12.3 Å². The third-order valence-electron chi connectivity index (χ3n) is 6.03. The molecule has 1 aliphatic heterocycles. The van der Waals surface area contributed by atoms with E-state index in [1.165, 1.54) is 0 Å². The van der Waals surface area contributed by atoms with Gasteiger partial charge in [-0.1, -0.05) is 44.5 Å². The Morgan fingerprint density at radius 1 is 1.03 bits per heavy atom. The molecule has 0 saturated heterocycles. The number of hydrogen-bond donors (Lipinski definition) is 1. The Hall–Kier alpha value is -3.51. The van der Waals surface area contributed by atoms with Crippen LogP contribution in [-0.2, 0) is 10.2 Å². The molecule has 0 aliphatic carbocycles. The van der Waals surface area contributed by atoms with E-state index < -0.39 is 0 Å². The minimum absolute atomic E-state index is 0.000105. The van der Waals surface area contributed by atoms with Gasteiger partial charge in [0.15, 0.2) is 6.61 Å². The van der Waals surface area contributed by atoms with Gasteiger partial charge >= 0.3 is 0 Å². The van der Waals surface area contributed by atoms with E-state index in [0.29, 0.717) is 40.9 Å². The molecular weight excluding hydrogens is 476 g/mol. The third kappa shape index (κ3) is 6.38. The van der Waals surface area contributed by atoms with Crippen LogP contribution in [0.5, 0.6) is 11.5 Å². The molecule has 0 atom stereocenters. The number of fused-ring (bicyclic) bond motifs is 1. The summed E-state index contributed by atoms with van der Waals surface area (Å²) < 4.78 is 11.4. The van der Waals surface area contributed by atoms with Gasteiger partial charge in [0.25, 0.3) is 11.8 Å². The van der Waals surface area contributed by atoms with Crippen LogP contribution < -0.4 is 19.7 Å². The number of ether oxygens (including phenoxy) is 2. The average Bonchev–Trinajstić information content (AvgIpc) is 2.85. The van der Waals surface area contributed by atoms with Crippen molar-refractivity contribution in [3.8, 4) is 11.5 Å². The van der Waals surface area contributed by atoms with Crippen molar-refractivity contribution in [3.63, 3.8) is 0 Å². The standard InChI is InChI=1S/C29H31ClN2O4/c1-29(2,3)21-8-6-20(7-9-21)28(34)31-23-12-15-26-25(18-23)32(27(33)19-36-26)16-4-5-17-35-24-13-10-22(30)11-14-24/h6-15,18H,4-5,16-17,19H2,1-3H3,(H,31,34). The summed E-state index contributed by atoms with van der Waals surface area (Å²) in [5, 5.41) is 3.61. The fourth-order valence-corrected chi connectivity index (χ4v) is 4.07. The zero-order chi connectivity index (χ0) is 25.7. The number of benzene rings is 3. The lowest BCUT2D eigenvalue weighted by atomic mass is 9.87. The molecule has 2 amide bonds. The maximum absolute atomic E-state index is 12.8. The summed E-state index contributed by atoms with van der Waals surface area (Å²) in [5.41, 5.74) is 3.02. The molecule has 36 heavy (non-hydrogen) atoms. The second-order valence-corrected chi connectivity index (χ2v) is 10.2. The Labute approximate surface area is 217 Å². The predicted molar refractivity (Wildman–Crippen MR) is 144 cm³/mol. The van der Waals surface area contributed by atoms with Crippen LogP contribution in [0.4, 0.5) is 11.4 Å². The van der Waals surface area contributed by atoms with E-state index in [1.807, 2.05) is 36.4 Å². The van der Waals surface area contributed by atoms with Gasteiger partial charge in [0.1, 0.15) is 11.5 Å². The highest BCUT2D eigenvalue weighted by Crippen LogP contribution is 2.35. The van der Waals surface area contributed by atoms with E-state index in [1.54, 1.807) is 35.2 Å². The number of hydrogen-bond acceptors (Lipinski definition) is 4. The number of anilines is 2. The summed E-state index contributed by atoms with van der Waals surface area (Å²) in [6, 6.07) is 20.2. The van der Waals surface area contributed by atoms with Crippen molar-refractivity contribution in [2.24, 2.45) is 0 Å². The van der Waals surface area contributed by atoms with Crippen molar-refractivity contribution >= 4 is 34.8 Å². The first-order valence-corrected chi connectivity index (χ1v) is 12.5. The fourth-order valence-electron chi connectivity index (χ4n) is 3.94. The first-order chi connectivity index (χ1) is 17.2. The van der Waals surface area contributed by atoms with E-state index in [9.17, 15) is 9.59 Å². The molecule has 0 unspecified atom stereocenters. The van der Waals surface area contributed by atoms with Gasteiger partial charge in [-0.15, -0.1) is 0 Å². The molecule has 3 aromatic rings. The zero-order valence-corrected chi connectivity index (χ0v) is 21.6. The number of nitrogens with one attached hydrogen (secondary N) is 1. The predicted octanol–water partition coefficient (Wildman–Crippen LogP) is 6.47. The molecule has 1 heterocycles. The quantitative estimate of drug-likeness (QED) is 0.355. The summed E-state index contributed by atoms with van der Waals surface area (Å²) in [5.74, 6) is 1.08. The van der Waals surface area contributed by atoms with Crippen LogP contribution in [0.25, 0.3) is 0 Å². The van der Waals surface area contributed by atoms with Gasteiger partial charge in [-0.05, 0) is 78.4 Å². The number of nitrogens with zero attached hydrogens (tertiary/aromatic N) is 1. The van der Waals surface area contributed by atoms with Crippen LogP contribution in [0.1, 0.15) is 49.5 Å². The molecule has 4 rings (SSSR count). The molecule has 0 bridgehead atoms. The van der Waals surface area contributed by atoms with Crippen LogP contribution in [0.2, 0.25) is 5.02 Å². The molecule has 6 nitrogen and oxygen atoms in total. The van der Waals surface area contributed by atoms with E-state index in [-0.39, 0.29) is 23.8 Å². The van der Waals surface area contributed by atoms with Crippen LogP contribution in [-0.4, -0.2) is 31.6 Å². The minimum Gasteiger partial charge on any atom is -0.494 e. The summed E-state index contributed by atoms with van der Waals surface area (Å²) in [4.78, 5) is 27.2. The van der Waals surface area contributed by atoms with Crippen molar-refractivity contribution in [3.05, 3.63) is 82.9 Å². The number of carbonyl (C=O) groups is 2. The van der Waals surface area contributed by atoms with E-state index >= 15 is 0 Å². The largest absolute Gasteiger partial charge is 0.494 e. The summed E-state index contributed by atoms with van der Waals surface area (Å²) in [6.45, 7) is 7.48. The van der Waals surface area contributed by atoms with Crippen LogP contribution in [0, 0.1) is 0 Å². The maximum Gasteiger partial charge on any atom is 0.265 e. The van der Waals surface area contributed by atoms with Crippen molar-refractivity contribution in [1.29, 1.82) is 0 Å². The highest BCUT2D eigenvalue weighted by Gasteiger charge is 2.25. The van der Waals surface area contributed by atoms with Crippen molar-refractivity contribution in [2.45, 2.75) is 39.0 Å². The first-order valence-electron chi connectivity index (χ1n) is 12.1. The highest BCUT2D eigenvalue weighted by molar-refractivity contribution is 6.30. The first kappa shape index (κ1) is 25.6. The Balaban J connectivity index is 1.37. The molecule has 0 aromatic heterocycles. The lowest BCUT2D eigenvalue weighted by molar-refractivity contribution is -0.121. The Morgan fingerprint density at radius 3 is 2.44 bits per heavy atom. The second kappa shape index (κ2) is 11.0. The molecule has 0 spiro atoms. The van der Waals surface area contributed by atoms with Gasteiger partial charge in [-0.3, -0.25) is 9.59 Å². The van der Waals surface area contributed by atoms with Gasteiger partial charge in [-0.25, -0.2) is 0 Å². The number of rotatable bonds is 8. The number of halogens is 1.